The van der Waals surface area contributed by atoms with Crippen LogP contribution in [0.5, 0.6) is 0 Å². The van der Waals surface area contributed by atoms with Crippen molar-refractivity contribution in [2.24, 2.45) is 0 Å². The average molecular weight is 190 g/mol. The topological polar surface area (TPSA) is 20.2 Å². The summed E-state index contributed by atoms with van der Waals surface area (Å²) in [5.41, 5.74) is 3.85. The van der Waals surface area contributed by atoms with Crippen molar-refractivity contribution in [2.45, 2.75) is 26.7 Å². The molecule has 0 atom stereocenters. The zero-order valence-electron chi connectivity index (χ0n) is 8.96. The van der Waals surface area contributed by atoms with Gasteiger partial charge in [0.1, 0.15) is 0 Å². The van der Waals surface area contributed by atoms with Crippen molar-refractivity contribution >= 4 is 6.08 Å². The fourth-order valence-electron chi connectivity index (χ4n) is 1.38. The van der Waals surface area contributed by atoms with Crippen LogP contribution in [0.15, 0.2) is 29.8 Å². The van der Waals surface area contributed by atoms with Gasteiger partial charge in [0, 0.05) is 6.61 Å². The van der Waals surface area contributed by atoms with E-state index in [-0.39, 0.29) is 6.61 Å². The van der Waals surface area contributed by atoms with E-state index in [1.54, 1.807) is 0 Å². The maximum absolute atomic E-state index is 8.69. The summed E-state index contributed by atoms with van der Waals surface area (Å²) in [5.74, 6) is 0. The Kier molecular flexibility index (Phi) is 4.41. The Bertz CT molecular complexity index is 296. The average Bonchev–Trinajstić information content (AvgIpc) is 2.18. The van der Waals surface area contributed by atoms with Crippen molar-refractivity contribution in [3.8, 4) is 0 Å². The van der Waals surface area contributed by atoms with Crippen LogP contribution in [0.3, 0.4) is 0 Å². The lowest BCUT2D eigenvalue weighted by molar-refractivity contribution is 0.288. The Hall–Kier alpha value is -1.08. The summed E-state index contributed by atoms with van der Waals surface area (Å²) in [6, 6.07) is 8.48. The lowest BCUT2D eigenvalue weighted by Crippen LogP contribution is -1.84. The smallest absolute Gasteiger partial charge is 0.0434 e. The van der Waals surface area contributed by atoms with E-state index in [0.29, 0.717) is 0 Å². The van der Waals surface area contributed by atoms with Gasteiger partial charge in [-0.1, -0.05) is 41.5 Å². The standard InChI is InChI=1S/C13H18O/c1-11-5-7-13(8-6-11)10-12(2)4-3-9-14/h5-8,10,14H,3-4,9H2,1-2H3/b12-10+. The minimum absolute atomic E-state index is 0.277. The normalized spacial score (nSPS) is 11.8. The highest BCUT2D eigenvalue weighted by molar-refractivity contribution is 5.52. The van der Waals surface area contributed by atoms with Crippen molar-refractivity contribution in [2.75, 3.05) is 6.61 Å². The largest absolute Gasteiger partial charge is 0.396 e. The van der Waals surface area contributed by atoms with Crippen molar-refractivity contribution < 1.29 is 5.11 Å². The molecule has 1 aromatic rings. The highest BCUT2D eigenvalue weighted by Crippen LogP contribution is 2.11. The molecule has 1 aromatic carbocycles. The highest BCUT2D eigenvalue weighted by Gasteiger charge is 1.91. The number of aliphatic hydroxyl groups is 1. The number of hydrogen-bond acceptors (Lipinski definition) is 1. The van der Waals surface area contributed by atoms with Crippen molar-refractivity contribution in [3.63, 3.8) is 0 Å². The quantitative estimate of drug-likeness (QED) is 0.773. The molecule has 0 fully saturated rings. The number of allylic oxidation sites excluding steroid dienone is 1. The van der Waals surface area contributed by atoms with Crippen LogP contribution in [0.4, 0.5) is 0 Å². The zero-order chi connectivity index (χ0) is 10.4. The summed E-state index contributed by atoms with van der Waals surface area (Å²) in [4.78, 5) is 0. The monoisotopic (exact) mass is 190 g/mol. The molecule has 0 amide bonds. The molecule has 1 rings (SSSR count). The lowest BCUT2D eigenvalue weighted by atomic mass is 10.1. The summed E-state index contributed by atoms with van der Waals surface area (Å²) < 4.78 is 0. The molecular weight excluding hydrogens is 172 g/mol. The maximum Gasteiger partial charge on any atom is 0.0434 e. The second-order valence-electron chi connectivity index (χ2n) is 3.73. The van der Waals surface area contributed by atoms with Crippen molar-refractivity contribution in [3.05, 3.63) is 41.0 Å². The van der Waals surface area contributed by atoms with Crippen molar-refractivity contribution in [1.82, 2.24) is 0 Å². The van der Waals surface area contributed by atoms with E-state index < -0.39 is 0 Å². The third kappa shape index (κ3) is 3.75. The van der Waals surface area contributed by atoms with Crippen LogP contribution < -0.4 is 0 Å². The number of hydrogen-bond donors (Lipinski definition) is 1. The molecule has 0 aliphatic rings. The number of aryl methyl sites for hydroxylation is 1. The molecule has 1 heteroatoms. The minimum atomic E-state index is 0.277. The summed E-state index contributed by atoms with van der Waals surface area (Å²) in [5, 5.41) is 8.69. The van der Waals surface area contributed by atoms with Crippen molar-refractivity contribution in [1.29, 1.82) is 0 Å². The molecule has 0 saturated heterocycles. The first-order valence-electron chi connectivity index (χ1n) is 5.07. The summed E-state index contributed by atoms with van der Waals surface area (Å²) >= 11 is 0. The molecule has 0 saturated carbocycles. The van der Waals surface area contributed by atoms with Gasteiger partial charge in [0.05, 0.1) is 0 Å². The third-order valence-corrected chi connectivity index (χ3v) is 2.22. The molecular formula is C13H18O. The predicted molar refractivity (Wildman–Crippen MR) is 61.1 cm³/mol. The van der Waals surface area contributed by atoms with Gasteiger partial charge in [0.2, 0.25) is 0 Å². The fourth-order valence-corrected chi connectivity index (χ4v) is 1.38. The van der Waals surface area contributed by atoms with Crippen LogP contribution in [0.25, 0.3) is 6.08 Å². The Morgan fingerprint density at radius 3 is 2.50 bits per heavy atom. The zero-order valence-corrected chi connectivity index (χ0v) is 8.96. The van der Waals surface area contributed by atoms with Gasteiger partial charge in [-0.2, -0.15) is 0 Å². The predicted octanol–water partition coefficient (Wildman–Crippen LogP) is 3.17. The molecule has 0 aliphatic carbocycles. The summed E-state index contributed by atoms with van der Waals surface area (Å²) in [6.45, 7) is 4.47. The lowest BCUT2D eigenvalue weighted by Gasteiger charge is -2.00. The molecule has 0 unspecified atom stereocenters. The van der Waals surface area contributed by atoms with Gasteiger partial charge in [-0.15, -0.1) is 0 Å². The molecule has 0 heterocycles. The number of aliphatic hydroxyl groups excluding tert-OH is 1. The summed E-state index contributed by atoms with van der Waals surface area (Å²) in [7, 11) is 0. The van der Waals surface area contributed by atoms with Gasteiger partial charge in [-0.3, -0.25) is 0 Å². The van der Waals surface area contributed by atoms with Gasteiger partial charge in [0.15, 0.2) is 0 Å². The second kappa shape index (κ2) is 5.61. The first kappa shape index (κ1) is 11.0. The van der Waals surface area contributed by atoms with E-state index in [1.807, 2.05) is 0 Å². The molecule has 76 valence electrons. The van der Waals surface area contributed by atoms with Crippen LogP contribution in [-0.2, 0) is 0 Å². The molecule has 0 bridgehead atoms. The second-order valence-corrected chi connectivity index (χ2v) is 3.73. The van der Waals surface area contributed by atoms with E-state index >= 15 is 0 Å². The molecule has 0 radical (unpaired) electrons. The van der Waals surface area contributed by atoms with Crippen LogP contribution in [0, 0.1) is 6.92 Å². The Balaban J connectivity index is 2.61. The number of rotatable bonds is 4. The van der Waals surface area contributed by atoms with E-state index in [2.05, 4.69) is 44.2 Å². The molecule has 1 nitrogen and oxygen atoms in total. The summed E-state index contributed by atoms with van der Waals surface area (Å²) in [6.07, 6.45) is 4.01. The highest BCUT2D eigenvalue weighted by atomic mass is 16.2. The number of benzene rings is 1. The third-order valence-electron chi connectivity index (χ3n) is 2.22. The Morgan fingerprint density at radius 2 is 1.93 bits per heavy atom. The molecule has 0 aliphatic heterocycles. The maximum atomic E-state index is 8.69. The van der Waals surface area contributed by atoms with E-state index in [4.69, 9.17) is 5.11 Å². The van der Waals surface area contributed by atoms with Crippen LogP contribution in [-0.4, -0.2) is 11.7 Å². The van der Waals surface area contributed by atoms with E-state index in [9.17, 15) is 0 Å². The van der Waals surface area contributed by atoms with Crippen LogP contribution in [0.1, 0.15) is 30.9 Å². The van der Waals surface area contributed by atoms with Gasteiger partial charge in [-0.05, 0) is 32.3 Å². The van der Waals surface area contributed by atoms with Gasteiger partial charge >= 0.3 is 0 Å². The van der Waals surface area contributed by atoms with Crippen LogP contribution >= 0.6 is 0 Å². The first-order valence-corrected chi connectivity index (χ1v) is 5.07. The molecule has 14 heavy (non-hydrogen) atoms. The first-order chi connectivity index (χ1) is 6.72. The van der Waals surface area contributed by atoms with E-state index in [0.717, 1.165) is 12.8 Å². The van der Waals surface area contributed by atoms with Crippen LogP contribution in [0.2, 0.25) is 0 Å². The van der Waals surface area contributed by atoms with Gasteiger partial charge < -0.3 is 5.11 Å². The fraction of sp³-hybridized carbons (Fsp3) is 0.385. The molecule has 0 spiro atoms. The minimum Gasteiger partial charge on any atom is -0.396 e. The molecule has 1 N–H and O–H groups in total. The van der Waals surface area contributed by atoms with Gasteiger partial charge in [0.25, 0.3) is 0 Å². The Labute approximate surface area is 86.1 Å². The molecule has 0 aromatic heterocycles. The van der Waals surface area contributed by atoms with E-state index in [1.165, 1.54) is 16.7 Å². The van der Waals surface area contributed by atoms with Gasteiger partial charge in [-0.25, -0.2) is 0 Å². The SMILES string of the molecule is C/C(=C\c1ccc(C)cc1)CCCO. The Morgan fingerprint density at radius 1 is 1.29 bits per heavy atom.